The summed E-state index contributed by atoms with van der Waals surface area (Å²) in [5, 5.41) is 26.9. The molecule has 1 aliphatic rings. The molecule has 2 aromatic rings. The summed E-state index contributed by atoms with van der Waals surface area (Å²) in [6, 6.07) is 0. The van der Waals surface area contributed by atoms with Gasteiger partial charge < -0.3 is 60.6 Å². The summed E-state index contributed by atoms with van der Waals surface area (Å²) < 4.78 is 61.8. The van der Waals surface area contributed by atoms with E-state index in [0.29, 0.717) is 19.8 Å². The van der Waals surface area contributed by atoms with E-state index >= 15 is 0 Å². The first-order chi connectivity index (χ1) is 19.4. The number of nitrogens with one attached hydrogen (secondary N) is 1. The first-order valence-corrected chi connectivity index (χ1v) is 16.0. The van der Waals surface area contributed by atoms with Gasteiger partial charge >= 0.3 is 23.5 Å². The van der Waals surface area contributed by atoms with Gasteiger partial charge in [-0.25, -0.2) is 18.7 Å². The summed E-state index contributed by atoms with van der Waals surface area (Å²) in [5.74, 6) is -0.193. The first kappa shape index (κ1) is 36.5. The van der Waals surface area contributed by atoms with Crippen molar-refractivity contribution in [3.8, 4) is 0 Å². The normalized spacial score (nSPS) is 22.7. The van der Waals surface area contributed by atoms with Crippen molar-refractivity contribution in [3.05, 3.63) is 16.7 Å². The van der Waals surface area contributed by atoms with Gasteiger partial charge in [0.2, 0.25) is 5.95 Å². The van der Waals surface area contributed by atoms with Crippen molar-refractivity contribution in [1.82, 2.24) is 19.5 Å². The van der Waals surface area contributed by atoms with Crippen molar-refractivity contribution >= 4 is 40.6 Å². The number of aliphatic hydroxyl groups excluding tert-OH is 3. The number of fused-ring (bicyclic) bond motifs is 1. The lowest BCUT2D eigenvalue weighted by Gasteiger charge is -2.19. The Bertz CT molecular complexity index is 1350. The Hall–Kier alpha value is -1.72. The molecule has 26 heteroatoms. The summed E-state index contributed by atoms with van der Waals surface area (Å²) in [4.78, 5) is 57.5. The van der Waals surface area contributed by atoms with Gasteiger partial charge in [0, 0.05) is 6.42 Å². The lowest BCUT2D eigenvalue weighted by atomic mass is 10.2. The van der Waals surface area contributed by atoms with Gasteiger partial charge in [-0.3, -0.25) is 18.9 Å². The molecule has 0 bridgehead atoms. The van der Waals surface area contributed by atoms with E-state index in [-0.39, 0.29) is 36.7 Å². The lowest BCUT2D eigenvalue weighted by molar-refractivity contribution is -0.0423. The Labute approximate surface area is 235 Å². The van der Waals surface area contributed by atoms with Crippen LogP contribution in [0.4, 0.5) is 5.95 Å². The molecule has 0 amide bonds. The van der Waals surface area contributed by atoms with Crippen molar-refractivity contribution in [1.29, 1.82) is 0 Å². The summed E-state index contributed by atoms with van der Waals surface area (Å²) in [6.45, 7) is 0.391. The fourth-order valence-electron chi connectivity index (χ4n) is 3.15. The maximum Gasteiger partial charge on any atom is 0.490 e. The zero-order valence-corrected chi connectivity index (χ0v) is 24.1. The zero-order chi connectivity index (χ0) is 31.7. The predicted molar refractivity (Wildman–Crippen MR) is 136 cm³/mol. The number of phosphoric ester groups is 1. The number of hydrogen-bond acceptors (Lipinski definition) is 17. The van der Waals surface area contributed by atoms with Crippen LogP contribution in [0.1, 0.15) is 12.6 Å². The second kappa shape index (κ2) is 15.8. The molecule has 2 aromatic heterocycles. The van der Waals surface area contributed by atoms with Crippen LogP contribution in [0.5, 0.6) is 0 Å². The molecule has 0 spiro atoms. The number of aromatic amines is 1. The number of H-pyrrole nitrogens is 1. The standard InChI is InChI=1S/C10H16N5O13P3.C6H15NO4/c11-10-13-8-7(9(17)14-10)12-3-15(8)6-1-4(16)5(26-6)2-25-30(21,22)28-31(23,24)27-29(18,19)20;7-6(9)5-11-4-3-10-2-1-8/h3-6,16H,1-2H2,(H,21,22)(H,23,24)(H2,18,19,20)(H3,11,13,14,17);6,8-9H,1-5,7H2/t4-,5+,6+;/m0./s1. The van der Waals surface area contributed by atoms with Crippen LogP contribution in [0.3, 0.4) is 0 Å². The molecule has 3 rings (SSSR count). The minimum atomic E-state index is -5.67. The van der Waals surface area contributed by atoms with Gasteiger partial charge in [0.05, 0.1) is 52.1 Å². The third kappa shape index (κ3) is 12.5. The highest BCUT2D eigenvalue weighted by molar-refractivity contribution is 7.66. The number of ether oxygens (including phenoxy) is 3. The molecule has 3 unspecified atom stereocenters. The van der Waals surface area contributed by atoms with Crippen LogP contribution < -0.4 is 17.0 Å². The van der Waals surface area contributed by atoms with E-state index in [1.165, 1.54) is 10.9 Å². The average molecular weight is 672 g/mol. The minimum absolute atomic E-state index is 0.0134. The summed E-state index contributed by atoms with van der Waals surface area (Å²) in [7, 11) is -16.6. The third-order valence-corrected chi connectivity index (χ3v) is 8.48. The van der Waals surface area contributed by atoms with Crippen molar-refractivity contribution in [2.45, 2.75) is 31.1 Å². The largest absolute Gasteiger partial charge is 0.490 e. The van der Waals surface area contributed by atoms with Gasteiger partial charge in [0.25, 0.3) is 5.56 Å². The van der Waals surface area contributed by atoms with E-state index in [1.807, 2.05) is 0 Å². The van der Waals surface area contributed by atoms with Crippen molar-refractivity contribution in [3.63, 3.8) is 0 Å². The molecular weight excluding hydrogens is 641 g/mol. The van der Waals surface area contributed by atoms with Crippen LogP contribution in [0.25, 0.3) is 11.2 Å². The van der Waals surface area contributed by atoms with Gasteiger partial charge in [-0.1, -0.05) is 0 Å². The van der Waals surface area contributed by atoms with Crippen LogP contribution in [0.15, 0.2) is 11.1 Å². The fourth-order valence-corrected chi connectivity index (χ4v) is 6.18. The molecule has 23 nitrogen and oxygen atoms in total. The Morgan fingerprint density at radius 3 is 2.40 bits per heavy atom. The van der Waals surface area contributed by atoms with Crippen molar-refractivity contribution in [2.24, 2.45) is 5.73 Å². The third-order valence-electron chi connectivity index (χ3n) is 4.68. The van der Waals surface area contributed by atoms with E-state index in [1.54, 1.807) is 0 Å². The molecule has 42 heavy (non-hydrogen) atoms. The number of nitrogen functional groups attached to an aromatic ring is 1. The van der Waals surface area contributed by atoms with Gasteiger partial charge in [-0.05, 0) is 0 Å². The van der Waals surface area contributed by atoms with E-state index in [0.717, 1.165) is 0 Å². The Balaban J connectivity index is 0.000000476. The van der Waals surface area contributed by atoms with Crippen molar-refractivity contribution < 1.29 is 75.9 Å². The molecule has 1 fully saturated rings. The number of anilines is 1. The smallest absolute Gasteiger partial charge is 0.394 e. The summed E-state index contributed by atoms with van der Waals surface area (Å²) >= 11 is 0. The second-order valence-corrected chi connectivity index (χ2v) is 12.5. The molecule has 1 aliphatic heterocycles. The van der Waals surface area contributed by atoms with Gasteiger partial charge in [-0.2, -0.15) is 13.6 Å². The highest BCUT2D eigenvalue weighted by Crippen LogP contribution is 2.66. The SMILES string of the molecule is NC(O)COCCOCCO.Nc1nc2c(ncn2[C@H]2C[C@H](O)[C@@H](COP(=O)(O)OP(=O)(O)OP(=O)(O)O)O2)c(=O)[nH]1. The van der Waals surface area contributed by atoms with Gasteiger partial charge in [0.1, 0.15) is 18.6 Å². The molecule has 1 saturated heterocycles. The van der Waals surface area contributed by atoms with Crippen LogP contribution >= 0.6 is 23.5 Å². The quantitative estimate of drug-likeness (QED) is 0.0511. The minimum Gasteiger partial charge on any atom is -0.394 e. The monoisotopic (exact) mass is 672 g/mol. The topological polar surface area (TPSA) is 364 Å². The molecule has 6 atom stereocenters. The number of aliphatic hydroxyl groups is 3. The van der Waals surface area contributed by atoms with Crippen molar-refractivity contribution in [2.75, 3.05) is 45.4 Å². The molecule has 3 heterocycles. The number of imidazole rings is 1. The molecule has 12 N–H and O–H groups in total. The predicted octanol–water partition coefficient (Wildman–Crippen LogP) is -3.02. The van der Waals surface area contributed by atoms with Crippen LogP contribution in [-0.2, 0) is 41.1 Å². The van der Waals surface area contributed by atoms with E-state index < -0.39 is 60.3 Å². The first-order valence-electron chi connectivity index (χ1n) is 11.5. The summed E-state index contributed by atoms with van der Waals surface area (Å²) in [5.41, 5.74) is 9.87. The number of hydrogen-bond donors (Lipinski definition) is 10. The highest BCUT2D eigenvalue weighted by atomic mass is 31.3. The fraction of sp³-hybridized carbons (Fsp3) is 0.688. The lowest BCUT2D eigenvalue weighted by Crippen LogP contribution is -2.26. The molecule has 242 valence electrons. The molecule has 0 radical (unpaired) electrons. The van der Waals surface area contributed by atoms with Gasteiger partial charge in [0.15, 0.2) is 11.2 Å². The number of phosphoric acid groups is 3. The van der Waals surface area contributed by atoms with E-state index in [2.05, 4.69) is 28.1 Å². The summed E-state index contributed by atoms with van der Waals surface area (Å²) in [6.07, 6.45) is -3.28. The molecule has 0 saturated carbocycles. The van der Waals surface area contributed by atoms with Crippen LogP contribution in [-0.4, -0.2) is 112 Å². The van der Waals surface area contributed by atoms with Gasteiger partial charge in [-0.15, -0.1) is 0 Å². The average Bonchev–Trinajstić information content (AvgIpc) is 3.41. The number of rotatable bonds is 15. The number of nitrogens with two attached hydrogens (primary N) is 2. The molecule has 0 aliphatic carbocycles. The number of nitrogens with zero attached hydrogens (tertiary/aromatic N) is 3. The Morgan fingerprint density at radius 1 is 1.12 bits per heavy atom. The molecular formula is C16H31N6O17P3. The maximum atomic E-state index is 11.8. The van der Waals surface area contributed by atoms with E-state index in [9.17, 15) is 28.5 Å². The van der Waals surface area contributed by atoms with E-state index in [4.69, 9.17) is 50.6 Å². The highest BCUT2D eigenvalue weighted by Gasteiger charge is 2.43. The van der Waals surface area contributed by atoms with Crippen LogP contribution in [0, 0.1) is 0 Å². The van der Waals surface area contributed by atoms with Crippen LogP contribution in [0.2, 0.25) is 0 Å². The maximum absolute atomic E-state index is 11.8. The molecule has 0 aromatic carbocycles. The second-order valence-electron chi connectivity index (χ2n) is 8.07. The Kier molecular flexibility index (Phi) is 13.8. The zero-order valence-electron chi connectivity index (χ0n) is 21.4. The number of aromatic nitrogens is 4. The Morgan fingerprint density at radius 2 is 1.79 bits per heavy atom.